The zero-order valence-electron chi connectivity index (χ0n) is 15.1. The van der Waals surface area contributed by atoms with Crippen molar-refractivity contribution >= 4 is 5.97 Å². The summed E-state index contributed by atoms with van der Waals surface area (Å²) in [4.78, 5) is 10.3. The zero-order valence-corrected chi connectivity index (χ0v) is 21.1. The van der Waals surface area contributed by atoms with Crippen molar-refractivity contribution in [2.45, 2.75) is 96.5 Å². The minimum Gasteiger partial charge on any atom is -0.481 e. The summed E-state index contributed by atoms with van der Waals surface area (Å²) in [6, 6.07) is 0. The molecule has 0 aromatic rings. The largest absolute Gasteiger partial charge is 0.481 e. The second kappa shape index (κ2) is 22.4. The van der Waals surface area contributed by atoms with Crippen molar-refractivity contribution in [2.24, 2.45) is 0 Å². The van der Waals surface area contributed by atoms with Crippen LogP contribution in [-0.2, 0) is 43.8 Å². The van der Waals surface area contributed by atoms with Gasteiger partial charge in [0.1, 0.15) is 0 Å². The van der Waals surface area contributed by atoms with E-state index in [1.54, 1.807) is 0 Å². The van der Waals surface area contributed by atoms with Crippen molar-refractivity contribution in [1.82, 2.24) is 0 Å². The molecular weight excluding hydrogens is 395 g/mol. The molecule has 0 aliphatic heterocycles. The van der Waals surface area contributed by atoms with Crippen LogP contribution < -0.4 is 0 Å². The van der Waals surface area contributed by atoms with Gasteiger partial charge in [-0.05, 0) is 32.1 Å². The number of carbonyl (C=O) groups is 1. The molecule has 128 valence electrons. The number of carboxylic acids is 1. The third-order valence-electron chi connectivity index (χ3n) is 3.73. The number of aliphatic hydroxyl groups is 1. The normalized spacial score (nSPS) is 11.7. The number of hydrogen-bond donors (Lipinski definition) is 2. The Balaban J connectivity index is -0.00000200. The van der Waals surface area contributed by atoms with Gasteiger partial charge in [0.2, 0.25) is 0 Å². The Bertz CT molecular complexity index is 271. The fraction of sp³-hybridized carbons (Fsp3) is 0.833. The van der Waals surface area contributed by atoms with Crippen LogP contribution in [0.3, 0.4) is 0 Å². The molecule has 0 spiro atoms. The van der Waals surface area contributed by atoms with E-state index in [1.807, 2.05) is 0 Å². The second-order valence-corrected chi connectivity index (χ2v) is 5.91. The van der Waals surface area contributed by atoms with Gasteiger partial charge in [0.25, 0.3) is 0 Å². The Hall–Kier alpha value is 0.417. The number of hydrogen-bond acceptors (Lipinski definition) is 2. The van der Waals surface area contributed by atoms with Crippen LogP contribution >= 0.6 is 0 Å². The van der Waals surface area contributed by atoms with Crippen LogP contribution in [0.25, 0.3) is 0 Å². The standard InChI is InChI=1S/C18H34O3.2Zn/c1-2-3-4-11-14-17(19)15-12-9-7-5-6-8-10-13-16-18(20)21;;/h9,12,17,19H,2-8,10-11,13-16H2,1H3,(H,20,21);;/b12-9-;;. The molecule has 0 heterocycles. The molecule has 5 heteroatoms. The van der Waals surface area contributed by atoms with Crippen LogP contribution in [0, 0.1) is 0 Å². The molecule has 0 amide bonds. The van der Waals surface area contributed by atoms with Crippen molar-refractivity contribution in [1.29, 1.82) is 0 Å². The van der Waals surface area contributed by atoms with E-state index in [0.717, 1.165) is 51.4 Å². The third kappa shape index (κ3) is 24.8. The number of allylic oxidation sites excluding steroid dienone is 1. The predicted molar refractivity (Wildman–Crippen MR) is 88.5 cm³/mol. The summed E-state index contributed by atoms with van der Waals surface area (Å²) in [6.45, 7) is 2.20. The number of aliphatic hydroxyl groups excluding tert-OH is 1. The average Bonchev–Trinajstić information content (AvgIpc) is 2.45. The summed E-state index contributed by atoms with van der Waals surface area (Å²) >= 11 is 0. The van der Waals surface area contributed by atoms with Gasteiger partial charge in [0.05, 0.1) is 6.10 Å². The van der Waals surface area contributed by atoms with E-state index in [1.165, 1.54) is 25.7 Å². The third-order valence-corrected chi connectivity index (χ3v) is 3.73. The molecule has 1 atom stereocenters. The average molecular weight is 429 g/mol. The molecule has 0 bridgehead atoms. The summed E-state index contributed by atoms with van der Waals surface area (Å²) < 4.78 is 0. The first-order chi connectivity index (χ1) is 10.2. The Morgan fingerprint density at radius 2 is 1.52 bits per heavy atom. The molecule has 0 fully saturated rings. The second-order valence-electron chi connectivity index (χ2n) is 5.91. The fourth-order valence-corrected chi connectivity index (χ4v) is 2.36. The van der Waals surface area contributed by atoms with Crippen molar-refractivity contribution in [3.05, 3.63) is 12.2 Å². The minimum atomic E-state index is -0.689. The van der Waals surface area contributed by atoms with Gasteiger partial charge >= 0.3 is 5.97 Å². The van der Waals surface area contributed by atoms with Crippen molar-refractivity contribution in [2.75, 3.05) is 0 Å². The van der Waals surface area contributed by atoms with Gasteiger partial charge in [-0.1, -0.05) is 64.0 Å². The molecular formula is C18H34O3Zn2. The molecule has 1 unspecified atom stereocenters. The van der Waals surface area contributed by atoms with Gasteiger partial charge in [-0.2, -0.15) is 0 Å². The molecule has 0 aliphatic rings. The van der Waals surface area contributed by atoms with Gasteiger partial charge in [0, 0.05) is 45.4 Å². The Morgan fingerprint density at radius 3 is 2.17 bits per heavy atom. The Morgan fingerprint density at radius 1 is 0.913 bits per heavy atom. The molecule has 0 rings (SSSR count). The SMILES string of the molecule is CCCCCCC(O)C/C=C\CCCCCCCC(=O)O.[Zn].[Zn]. The number of rotatable bonds is 15. The topological polar surface area (TPSA) is 57.5 Å². The van der Waals surface area contributed by atoms with Crippen molar-refractivity contribution < 1.29 is 54.0 Å². The zero-order chi connectivity index (χ0) is 15.8. The van der Waals surface area contributed by atoms with Gasteiger partial charge in [-0.3, -0.25) is 4.79 Å². The van der Waals surface area contributed by atoms with Crippen molar-refractivity contribution in [3.63, 3.8) is 0 Å². The van der Waals surface area contributed by atoms with Crippen LogP contribution in [0.4, 0.5) is 0 Å². The number of aliphatic carboxylic acids is 1. The molecule has 0 aromatic carbocycles. The van der Waals surface area contributed by atoms with Crippen LogP contribution in [0.1, 0.15) is 90.4 Å². The summed E-state index contributed by atoms with van der Waals surface area (Å²) in [5, 5.41) is 18.3. The van der Waals surface area contributed by atoms with Gasteiger partial charge < -0.3 is 10.2 Å². The first-order valence-electron chi connectivity index (χ1n) is 8.71. The van der Waals surface area contributed by atoms with E-state index in [2.05, 4.69) is 19.1 Å². The van der Waals surface area contributed by atoms with E-state index in [9.17, 15) is 9.90 Å². The maximum atomic E-state index is 10.3. The first kappa shape index (κ1) is 28.2. The van der Waals surface area contributed by atoms with E-state index in [0.29, 0.717) is 6.42 Å². The van der Waals surface area contributed by atoms with E-state index < -0.39 is 5.97 Å². The predicted octanol–water partition coefficient (Wildman–Crippen LogP) is 5.07. The molecule has 2 N–H and O–H groups in total. The van der Waals surface area contributed by atoms with Gasteiger partial charge in [0.15, 0.2) is 0 Å². The Kier molecular flexibility index (Phi) is 27.5. The number of carboxylic acid groups (broad SMARTS) is 1. The van der Waals surface area contributed by atoms with E-state index >= 15 is 0 Å². The fourth-order valence-electron chi connectivity index (χ4n) is 2.36. The van der Waals surface area contributed by atoms with E-state index in [4.69, 9.17) is 5.11 Å². The monoisotopic (exact) mass is 426 g/mol. The smallest absolute Gasteiger partial charge is 0.303 e. The molecule has 0 aliphatic carbocycles. The van der Waals surface area contributed by atoms with Crippen LogP contribution in [0.2, 0.25) is 0 Å². The van der Waals surface area contributed by atoms with Crippen LogP contribution in [-0.4, -0.2) is 22.3 Å². The number of unbranched alkanes of at least 4 members (excludes halogenated alkanes) is 8. The van der Waals surface area contributed by atoms with Crippen LogP contribution in [0.5, 0.6) is 0 Å². The van der Waals surface area contributed by atoms with Gasteiger partial charge in [-0.25, -0.2) is 0 Å². The Labute approximate surface area is 168 Å². The summed E-state index contributed by atoms with van der Waals surface area (Å²) in [5.41, 5.74) is 0. The summed E-state index contributed by atoms with van der Waals surface area (Å²) in [7, 11) is 0. The molecule has 0 aromatic heterocycles. The molecule has 0 saturated heterocycles. The minimum absolute atomic E-state index is 0. The van der Waals surface area contributed by atoms with Crippen molar-refractivity contribution in [3.8, 4) is 0 Å². The first-order valence-corrected chi connectivity index (χ1v) is 8.71. The summed E-state index contributed by atoms with van der Waals surface area (Å²) in [5.74, 6) is -0.689. The maximum absolute atomic E-state index is 10.3. The molecule has 0 radical (unpaired) electrons. The summed E-state index contributed by atoms with van der Waals surface area (Å²) in [6.07, 6.45) is 17.4. The molecule has 3 nitrogen and oxygen atoms in total. The maximum Gasteiger partial charge on any atom is 0.303 e. The van der Waals surface area contributed by atoms with E-state index in [-0.39, 0.29) is 45.1 Å². The quantitative estimate of drug-likeness (QED) is 0.217. The molecule has 23 heavy (non-hydrogen) atoms. The van der Waals surface area contributed by atoms with Crippen LogP contribution in [0.15, 0.2) is 12.2 Å². The molecule has 0 saturated carbocycles. The van der Waals surface area contributed by atoms with Gasteiger partial charge in [-0.15, -0.1) is 0 Å².